The number of H-pyrrole nitrogens is 1. The van der Waals surface area contributed by atoms with Crippen LogP contribution >= 0.6 is 0 Å². The van der Waals surface area contributed by atoms with Crippen LogP contribution in [0.2, 0.25) is 0 Å². The molecule has 1 saturated heterocycles. The topological polar surface area (TPSA) is 78.1 Å². The highest BCUT2D eigenvalue weighted by Crippen LogP contribution is 2.18. The minimum atomic E-state index is -0.315. The molecule has 0 bridgehead atoms. The molecule has 0 aliphatic carbocycles. The van der Waals surface area contributed by atoms with Crippen LogP contribution in [-0.4, -0.2) is 46.0 Å². The molecule has 28 heavy (non-hydrogen) atoms. The molecule has 1 aliphatic rings. The zero-order valence-corrected chi connectivity index (χ0v) is 16.4. The van der Waals surface area contributed by atoms with E-state index in [9.17, 15) is 14.0 Å². The van der Waals surface area contributed by atoms with E-state index >= 15 is 0 Å². The third kappa shape index (κ3) is 5.41. The first-order valence-corrected chi connectivity index (χ1v) is 9.74. The van der Waals surface area contributed by atoms with Crippen molar-refractivity contribution in [3.05, 3.63) is 53.1 Å². The Morgan fingerprint density at radius 1 is 1.36 bits per heavy atom. The molecule has 150 valence electrons. The van der Waals surface area contributed by atoms with Crippen molar-refractivity contribution in [2.45, 2.75) is 45.6 Å². The molecule has 6 nitrogen and oxygen atoms in total. The molecule has 0 saturated carbocycles. The van der Waals surface area contributed by atoms with Gasteiger partial charge >= 0.3 is 0 Å². The van der Waals surface area contributed by atoms with E-state index in [4.69, 9.17) is 0 Å². The van der Waals surface area contributed by atoms with Gasteiger partial charge in [-0.3, -0.25) is 14.7 Å². The normalized spacial score (nSPS) is 18.0. The Bertz CT molecular complexity index is 818. The second-order valence-corrected chi connectivity index (χ2v) is 7.64. The third-order valence-electron chi connectivity index (χ3n) is 5.08. The van der Waals surface area contributed by atoms with Gasteiger partial charge in [-0.1, -0.05) is 12.1 Å². The summed E-state index contributed by atoms with van der Waals surface area (Å²) in [6, 6.07) is 7.91. The summed E-state index contributed by atoms with van der Waals surface area (Å²) < 4.78 is 13.0. The minimum absolute atomic E-state index is 0.0148. The number of piperidine rings is 1. The maximum absolute atomic E-state index is 13.0. The largest absolute Gasteiger partial charge is 0.353 e. The summed E-state index contributed by atoms with van der Waals surface area (Å²) in [4.78, 5) is 27.0. The molecule has 7 heteroatoms. The second-order valence-electron chi connectivity index (χ2n) is 7.64. The lowest BCUT2D eigenvalue weighted by Crippen LogP contribution is -2.47. The Hall–Kier alpha value is -2.70. The van der Waals surface area contributed by atoms with Gasteiger partial charge in [-0.25, -0.2) is 4.39 Å². The van der Waals surface area contributed by atoms with Gasteiger partial charge in [-0.2, -0.15) is 5.10 Å². The van der Waals surface area contributed by atoms with Crippen molar-refractivity contribution in [3.8, 4) is 0 Å². The molecule has 2 atom stereocenters. The van der Waals surface area contributed by atoms with Gasteiger partial charge in [0.05, 0.1) is 18.0 Å². The number of nitrogens with one attached hydrogen (secondary N) is 2. The van der Waals surface area contributed by atoms with Crippen molar-refractivity contribution < 1.29 is 14.0 Å². The van der Waals surface area contributed by atoms with Crippen LogP contribution in [-0.2, 0) is 22.4 Å². The van der Waals surface area contributed by atoms with E-state index < -0.39 is 0 Å². The van der Waals surface area contributed by atoms with E-state index in [0.29, 0.717) is 19.5 Å². The lowest BCUT2D eigenvalue weighted by atomic mass is 9.96. The molecular weight excluding hydrogens is 359 g/mol. The first-order chi connectivity index (χ1) is 13.4. The van der Waals surface area contributed by atoms with E-state index in [1.165, 1.54) is 12.1 Å². The third-order valence-corrected chi connectivity index (χ3v) is 5.08. The number of carbonyl (C=O) groups excluding carboxylic acids is 2. The monoisotopic (exact) mass is 386 g/mol. The maximum Gasteiger partial charge on any atom is 0.227 e. The average molecular weight is 386 g/mol. The zero-order chi connectivity index (χ0) is 20.1. The molecule has 1 fully saturated rings. The molecule has 1 aliphatic heterocycles. The van der Waals surface area contributed by atoms with E-state index in [1.54, 1.807) is 17.0 Å². The quantitative estimate of drug-likeness (QED) is 0.800. The number of hydrogen-bond donors (Lipinski definition) is 2. The van der Waals surface area contributed by atoms with Crippen molar-refractivity contribution in [1.29, 1.82) is 0 Å². The maximum atomic E-state index is 13.0. The predicted octanol–water partition coefficient (Wildman–Crippen LogP) is 2.39. The second kappa shape index (κ2) is 8.99. The molecule has 1 aromatic carbocycles. The molecule has 1 aromatic heterocycles. The fourth-order valence-corrected chi connectivity index (χ4v) is 3.61. The number of nitrogens with zero attached hydrogens (tertiary/aromatic N) is 2. The molecule has 2 aromatic rings. The molecule has 2 amide bonds. The van der Waals surface area contributed by atoms with Gasteiger partial charge in [0.1, 0.15) is 5.82 Å². The van der Waals surface area contributed by atoms with Crippen molar-refractivity contribution in [2.75, 3.05) is 13.1 Å². The number of rotatable bonds is 6. The summed E-state index contributed by atoms with van der Waals surface area (Å²) in [6.45, 7) is 4.99. The van der Waals surface area contributed by atoms with Crippen molar-refractivity contribution in [1.82, 2.24) is 20.4 Å². The van der Waals surface area contributed by atoms with Crippen LogP contribution in [0.15, 0.2) is 30.3 Å². The summed E-state index contributed by atoms with van der Waals surface area (Å²) >= 11 is 0. The minimum Gasteiger partial charge on any atom is -0.353 e. The van der Waals surface area contributed by atoms with Crippen molar-refractivity contribution in [2.24, 2.45) is 5.92 Å². The molecule has 3 rings (SSSR count). The Morgan fingerprint density at radius 2 is 2.11 bits per heavy atom. The fraction of sp³-hybridized carbons (Fsp3) is 0.476. The van der Waals surface area contributed by atoms with Gasteiger partial charge in [0, 0.05) is 31.2 Å². The van der Waals surface area contributed by atoms with Crippen LogP contribution < -0.4 is 5.32 Å². The lowest BCUT2D eigenvalue weighted by Gasteiger charge is -2.32. The Balaban J connectivity index is 1.51. The highest BCUT2D eigenvalue weighted by Gasteiger charge is 2.29. The number of aromatic amines is 1. The number of carbonyl (C=O) groups is 2. The van der Waals surface area contributed by atoms with Gasteiger partial charge < -0.3 is 10.2 Å². The predicted molar refractivity (Wildman–Crippen MR) is 104 cm³/mol. The van der Waals surface area contributed by atoms with Gasteiger partial charge in [-0.15, -0.1) is 0 Å². The first-order valence-electron chi connectivity index (χ1n) is 9.74. The number of aryl methyl sites for hydroxylation is 1. The van der Waals surface area contributed by atoms with Gasteiger partial charge in [-0.05, 0) is 50.5 Å². The summed E-state index contributed by atoms with van der Waals surface area (Å²) in [6.07, 6.45) is 2.47. The van der Waals surface area contributed by atoms with E-state index in [2.05, 4.69) is 15.5 Å². The highest BCUT2D eigenvalue weighted by atomic mass is 19.1. The lowest BCUT2D eigenvalue weighted by molar-refractivity contribution is -0.135. The highest BCUT2D eigenvalue weighted by molar-refractivity contribution is 5.82. The zero-order valence-electron chi connectivity index (χ0n) is 16.4. The average Bonchev–Trinajstić information content (AvgIpc) is 3.08. The Kier molecular flexibility index (Phi) is 6.44. The van der Waals surface area contributed by atoms with Crippen LogP contribution in [0.3, 0.4) is 0 Å². The smallest absolute Gasteiger partial charge is 0.227 e. The molecular formula is C21H27FN4O2. The first kappa shape index (κ1) is 20.0. The summed E-state index contributed by atoms with van der Waals surface area (Å²) in [7, 11) is 0. The van der Waals surface area contributed by atoms with Crippen molar-refractivity contribution in [3.63, 3.8) is 0 Å². The van der Waals surface area contributed by atoms with E-state index in [1.807, 2.05) is 19.9 Å². The van der Waals surface area contributed by atoms with Crippen LogP contribution in [0.25, 0.3) is 0 Å². The number of hydrogen-bond acceptors (Lipinski definition) is 3. The number of aromatic nitrogens is 2. The van der Waals surface area contributed by atoms with Crippen LogP contribution in [0.1, 0.15) is 36.7 Å². The number of halogens is 1. The fourth-order valence-electron chi connectivity index (χ4n) is 3.61. The summed E-state index contributed by atoms with van der Waals surface area (Å²) in [5, 5.41) is 10.2. The molecule has 2 unspecified atom stereocenters. The van der Waals surface area contributed by atoms with E-state index in [0.717, 1.165) is 29.8 Å². The Labute approximate surface area is 164 Å². The number of likely N-dealkylation sites (tertiary alicyclic amines) is 1. The van der Waals surface area contributed by atoms with Gasteiger partial charge in [0.25, 0.3) is 0 Å². The van der Waals surface area contributed by atoms with Crippen LogP contribution in [0, 0.1) is 18.7 Å². The summed E-state index contributed by atoms with van der Waals surface area (Å²) in [5.41, 5.74) is 2.70. The SMILES string of the molecule is Cc1cc(CC(C)NC(=O)C2CCCN(C(=O)Cc3ccc(F)cc3)C2)n[nH]1. The van der Waals surface area contributed by atoms with Gasteiger partial charge in [0.15, 0.2) is 0 Å². The molecule has 0 radical (unpaired) electrons. The number of amides is 2. The molecule has 0 spiro atoms. The number of benzene rings is 1. The standard InChI is InChI=1S/C21H27FN4O2/c1-14(10-19-11-15(2)24-25-19)23-21(28)17-4-3-9-26(13-17)20(27)12-16-5-7-18(22)8-6-16/h5-8,11,14,17H,3-4,9-10,12-13H2,1-2H3,(H,23,28)(H,24,25). The van der Waals surface area contributed by atoms with E-state index in [-0.39, 0.29) is 36.0 Å². The van der Waals surface area contributed by atoms with Crippen LogP contribution in [0.4, 0.5) is 4.39 Å². The Morgan fingerprint density at radius 3 is 2.79 bits per heavy atom. The van der Waals surface area contributed by atoms with Crippen molar-refractivity contribution >= 4 is 11.8 Å². The molecule has 2 heterocycles. The van der Waals surface area contributed by atoms with Gasteiger partial charge in [0.2, 0.25) is 11.8 Å². The van der Waals surface area contributed by atoms with Crippen LogP contribution in [0.5, 0.6) is 0 Å². The summed E-state index contributed by atoms with van der Waals surface area (Å²) in [5.74, 6) is -0.553. The molecule has 2 N–H and O–H groups in total.